The number of thiophene rings is 1. The molecule has 0 atom stereocenters. The maximum absolute atomic E-state index is 13.3. The van der Waals surface area contributed by atoms with E-state index in [1.54, 1.807) is 11.3 Å². The molecule has 1 heterocycles. The Morgan fingerprint density at radius 3 is 2.85 bits per heavy atom. The van der Waals surface area contributed by atoms with Crippen molar-refractivity contribution >= 4 is 17.1 Å². The number of methoxy groups -OCH3 is 1. The molecular formula is C15H16FNO2S. The molecule has 0 fully saturated rings. The van der Waals surface area contributed by atoms with Crippen LogP contribution >= 0.6 is 11.3 Å². The van der Waals surface area contributed by atoms with Crippen molar-refractivity contribution in [1.82, 2.24) is 4.90 Å². The first kappa shape index (κ1) is 14.7. The highest BCUT2D eigenvalue weighted by atomic mass is 32.1. The summed E-state index contributed by atoms with van der Waals surface area (Å²) in [5.74, 6) is -0.186. The molecule has 1 aromatic heterocycles. The fourth-order valence-corrected chi connectivity index (χ4v) is 2.64. The van der Waals surface area contributed by atoms with E-state index >= 15 is 0 Å². The minimum absolute atomic E-state index is 0.154. The molecular weight excluding hydrogens is 277 g/mol. The van der Waals surface area contributed by atoms with Crippen LogP contribution in [0.1, 0.15) is 15.9 Å². The molecule has 2 rings (SSSR count). The lowest BCUT2D eigenvalue weighted by molar-refractivity contribution is 0.0939. The lowest BCUT2D eigenvalue weighted by Gasteiger charge is -2.16. The molecule has 0 aliphatic rings. The minimum atomic E-state index is -0.436. The fraction of sp³-hybridized carbons (Fsp3) is 0.267. The van der Waals surface area contributed by atoms with Gasteiger partial charge in [0.2, 0.25) is 0 Å². The number of likely N-dealkylation sites (N-methyl/N-ethyl adjacent to an activating group) is 1. The van der Waals surface area contributed by atoms with Crippen LogP contribution in [0.15, 0.2) is 35.0 Å². The third-order valence-corrected chi connectivity index (χ3v) is 3.64. The SMILES string of the molecule is COc1ccc(F)cc1C(=O)CN(C)Cc1ccsc1. The van der Waals surface area contributed by atoms with Gasteiger partial charge < -0.3 is 4.74 Å². The van der Waals surface area contributed by atoms with E-state index in [2.05, 4.69) is 0 Å². The average molecular weight is 293 g/mol. The Kier molecular flexibility index (Phi) is 4.87. The van der Waals surface area contributed by atoms with Gasteiger partial charge in [0.1, 0.15) is 11.6 Å². The van der Waals surface area contributed by atoms with Gasteiger partial charge in [-0.1, -0.05) is 0 Å². The summed E-state index contributed by atoms with van der Waals surface area (Å²) >= 11 is 1.62. The Labute approximate surface area is 121 Å². The molecule has 106 valence electrons. The Hall–Kier alpha value is -1.72. The first-order chi connectivity index (χ1) is 9.60. The molecule has 0 saturated heterocycles. The monoisotopic (exact) mass is 293 g/mol. The molecule has 3 nitrogen and oxygen atoms in total. The van der Waals surface area contributed by atoms with Gasteiger partial charge in [0.05, 0.1) is 19.2 Å². The largest absolute Gasteiger partial charge is 0.496 e. The van der Waals surface area contributed by atoms with Gasteiger partial charge in [-0.2, -0.15) is 11.3 Å². The van der Waals surface area contributed by atoms with Gasteiger partial charge in [-0.25, -0.2) is 4.39 Å². The van der Waals surface area contributed by atoms with E-state index in [9.17, 15) is 9.18 Å². The molecule has 0 aliphatic carbocycles. The number of nitrogens with zero attached hydrogens (tertiary/aromatic N) is 1. The topological polar surface area (TPSA) is 29.5 Å². The Morgan fingerprint density at radius 2 is 2.20 bits per heavy atom. The second kappa shape index (κ2) is 6.63. The van der Waals surface area contributed by atoms with Gasteiger partial charge in [0, 0.05) is 6.54 Å². The van der Waals surface area contributed by atoms with Crippen molar-refractivity contribution in [3.05, 3.63) is 52.0 Å². The minimum Gasteiger partial charge on any atom is -0.496 e. The van der Waals surface area contributed by atoms with Gasteiger partial charge in [-0.15, -0.1) is 0 Å². The summed E-state index contributed by atoms with van der Waals surface area (Å²) in [6.07, 6.45) is 0. The van der Waals surface area contributed by atoms with E-state index in [4.69, 9.17) is 4.74 Å². The molecule has 0 unspecified atom stereocenters. The molecule has 0 aliphatic heterocycles. The Balaban J connectivity index is 2.06. The molecule has 2 aromatic rings. The van der Waals surface area contributed by atoms with Gasteiger partial charge in [-0.3, -0.25) is 9.69 Å². The number of carbonyl (C=O) groups excluding carboxylic acids is 1. The zero-order valence-electron chi connectivity index (χ0n) is 11.4. The predicted octanol–water partition coefficient (Wildman–Crippen LogP) is 3.21. The first-order valence-electron chi connectivity index (χ1n) is 6.16. The molecule has 1 aromatic carbocycles. The van der Waals surface area contributed by atoms with E-state index in [0.717, 1.165) is 5.56 Å². The highest BCUT2D eigenvalue weighted by Crippen LogP contribution is 2.20. The third kappa shape index (κ3) is 3.65. The smallest absolute Gasteiger partial charge is 0.180 e. The summed E-state index contributed by atoms with van der Waals surface area (Å²) in [6, 6.07) is 6.00. The van der Waals surface area contributed by atoms with Crippen molar-refractivity contribution in [2.45, 2.75) is 6.54 Å². The van der Waals surface area contributed by atoms with Gasteiger partial charge in [-0.05, 0) is 47.6 Å². The first-order valence-corrected chi connectivity index (χ1v) is 7.11. The van der Waals surface area contributed by atoms with Crippen LogP contribution in [0, 0.1) is 5.82 Å². The van der Waals surface area contributed by atoms with Crippen LogP contribution in [-0.4, -0.2) is 31.4 Å². The number of ether oxygens (including phenoxy) is 1. The number of halogens is 1. The van der Waals surface area contributed by atoms with Crippen LogP contribution in [0.5, 0.6) is 5.75 Å². The number of hydrogen-bond acceptors (Lipinski definition) is 4. The molecule has 0 spiro atoms. The van der Waals surface area contributed by atoms with Crippen molar-refractivity contribution in [2.24, 2.45) is 0 Å². The summed E-state index contributed by atoms with van der Waals surface area (Å²) in [5, 5.41) is 4.05. The molecule has 20 heavy (non-hydrogen) atoms. The number of Topliss-reactive ketones (excluding diaryl/α,β-unsaturated/α-hetero) is 1. The fourth-order valence-electron chi connectivity index (χ4n) is 1.98. The van der Waals surface area contributed by atoms with Crippen LogP contribution in [0.2, 0.25) is 0 Å². The van der Waals surface area contributed by atoms with Crippen molar-refractivity contribution < 1.29 is 13.9 Å². The molecule has 5 heteroatoms. The quantitative estimate of drug-likeness (QED) is 0.766. The van der Waals surface area contributed by atoms with Gasteiger partial charge in [0.25, 0.3) is 0 Å². The molecule has 0 radical (unpaired) electrons. The summed E-state index contributed by atoms with van der Waals surface area (Å²) in [7, 11) is 3.33. The van der Waals surface area contributed by atoms with Crippen molar-refractivity contribution in [3.8, 4) is 5.75 Å². The van der Waals surface area contributed by atoms with Gasteiger partial charge in [0.15, 0.2) is 5.78 Å². The van der Waals surface area contributed by atoms with E-state index < -0.39 is 5.82 Å². The van der Waals surface area contributed by atoms with Crippen molar-refractivity contribution in [2.75, 3.05) is 20.7 Å². The van der Waals surface area contributed by atoms with E-state index in [-0.39, 0.29) is 17.9 Å². The van der Waals surface area contributed by atoms with Crippen LogP contribution in [0.4, 0.5) is 4.39 Å². The lowest BCUT2D eigenvalue weighted by Crippen LogP contribution is -2.25. The summed E-state index contributed by atoms with van der Waals surface area (Å²) in [5.41, 5.74) is 1.45. The molecule has 0 amide bonds. The second-order valence-electron chi connectivity index (χ2n) is 4.57. The zero-order valence-corrected chi connectivity index (χ0v) is 12.2. The highest BCUT2D eigenvalue weighted by molar-refractivity contribution is 7.07. The van der Waals surface area contributed by atoms with Crippen molar-refractivity contribution in [1.29, 1.82) is 0 Å². The van der Waals surface area contributed by atoms with Crippen LogP contribution in [-0.2, 0) is 6.54 Å². The Bertz CT molecular complexity index is 584. The predicted molar refractivity (Wildman–Crippen MR) is 77.9 cm³/mol. The summed E-state index contributed by atoms with van der Waals surface area (Å²) < 4.78 is 18.4. The average Bonchev–Trinajstić information content (AvgIpc) is 2.91. The normalized spacial score (nSPS) is 10.8. The number of ketones is 1. The maximum atomic E-state index is 13.3. The molecule has 0 N–H and O–H groups in total. The van der Waals surface area contributed by atoms with E-state index in [1.807, 2.05) is 28.8 Å². The Morgan fingerprint density at radius 1 is 1.40 bits per heavy atom. The standard InChI is InChI=1S/C15H16FNO2S/c1-17(8-11-5-6-20-10-11)9-14(18)13-7-12(16)3-4-15(13)19-2/h3-7,10H,8-9H2,1-2H3. The zero-order chi connectivity index (χ0) is 14.5. The molecule has 0 bridgehead atoms. The number of carbonyl (C=O) groups is 1. The van der Waals surface area contributed by atoms with Crippen LogP contribution in [0.25, 0.3) is 0 Å². The molecule has 0 saturated carbocycles. The second-order valence-corrected chi connectivity index (χ2v) is 5.35. The van der Waals surface area contributed by atoms with E-state index in [0.29, 0.717) is 12.3 Å². The third-order valence-electron chi connectivity index (χ3n) is 2.91. The lowest BCUT2D eigenvalue weighted by atomic mass is 10.1. The number of rotatable bonds is 6. The van der Waals surface area contributed by atoms with Crippen molar-refractivity contribution in [3.63, 3.8) is 0 Å². The van der Waals surface area contributed by atoms with Gasteiger partial charge >= 0.3 is 0 Å². The van der Waals surface area contributed by atoms with Crippen LogP contribution < -0.4 is 4.74 Å². The number of benzene rings is 1. The maximum Gasteiger partial charge on any atom is 0.180 e. The summed E-state index contributed by atoms with van der Waals surface area (Å²) in [4.78, 5) is 14.1. The summed E-state index contributed by atoms with van der Waals surface area (Å²) in [6.45, 7) is 0.905. The van der Waals surface area contributed by atoms with Crippen LogP contribution in [0.3, 0.4) is 0 Å². The highest BCUT2D eigenvalue weighted by Gasteiger charge is 2.15. The van der Waals surface area contributed by atoms with E-state index in [1.165, 1.54) is 25.3 Å². The number of hydrogen-bond donors (Lipinski definition) is 0.